The molecule has 0 radical (unpaired) electrons. The van der Waals surface area contributed by atoms with Crippen LogP contribution in [0.5, 0.6) is 0 Å². The molecule has 3 heterocycles. The maximum absolute atomic E-state index is 5.73. The summed E-state index contributed by atoms with van der Waals surface area (Å²) in [5, 5.41) is 7.58. The van der Waals surface area contributed by atoms with E-state index in [0.29, 0.717) is 17.1 Å². The van der Waals surface area contributed by atoms with Gasteiger partial charge in [0.1, 0.15) is 11.8 Å². The molecule has 0 unspecified atom stereocenters. The zero-order valence-corrected chi connectivity index (χ0v) is 7.12. The average molecular weight is 186 g/mol. The predicted molar refractivity (Wildman–Crippen MR) is 50.5 cm³/mol. The molecule has 0 saturated carbocycles. The van der Waals surface area contributed by atoms with Gasteiger partial charge >= 0.3 is 0 Å². The van der Waals surface area contributed by atoms with Crippen LogP contribution >= 0.6 is 0 Å². The Hall–Kier alpha value is -2.24. The maximum Gasteiger partial charge on any atom is 0.257 e. The molecule has 0 aliphatic heterocycles. The lowest BCUT2D eigenvalue weighted by atomic mass is 10.3. The van der Waals surface area contributed by atoms with Crippen LogP contribution < -0.4 is 5.73 Å². The molecule has 3 rings (SSSR count). The Morgan fingerprint density at radius 3 is 3.21 bits per heavy atom. The second-order valence-corrected chi connectivity index (χ2v) is 2.87. The molecular formula is C8H6N6. The van der Waals surface area contributed by atoms with Crippen LogP contribution in [0.4, 0.5) is 5.82 Å². The van der Waals surface area contributed by atoms with Crippen molar-refractivity contribution in [2.24, 2.45) is 0 Å². The van der Waals surface area contributed by atoms with E-state index in [1.165, 1.54) is 0 Å². The van der Waals surface area contributed by atoms with Gasteiger partial charge in [-0.15, -0.1) is 10.2 Å². The van der Waals surface area contributed by atoms with Gasteiger partial charge < -0.3 is 5.73 Å². The third kappa shape index (κ3) is 0.792. The normalized spacial score (nSPS) is 11.1. The molecule has 0 aromatic carbocycles. The largest absolute Gasteiger partial charge is 0.382 e. The van der Waals surface area contributed by atoms with E-state index in [0.717, 1.165) is 5.52 Å². The summed E-state index contributed by atoms with van der Waals surface area (Å²) in [4.78, 5) is 8.22. The number of anilines is 1. The number of rotatable bonds is 0. The molecule has 0 fully saturated rings. The summed E-state index contributed by atoms with van der Waals surface area (Å²) in [6.45, 7) is 0. The van der Waals surface area contributed by atoms with Gasteiger partial charge in [-0.1, -0.05) is 0 Å². The zero-order valence-electron chi connectivity index (χ0n) is 7.12. The van der Waals surface area contributed by atoms with Gasteiger partial charge in [-0.2, -0.15) is 4.98 Å². The number of hydrogen-bond donors (Lipinski definition) is 1. The second-order valence-electron chi connectivity index (χ2n) is 2.87. The molecule has 3 aromatic rings. The Bertz CT molecular complexity index is 613. The van der Waals surface area contributed by atoms with E-state index in [1.54, 1.807) is 16.9 Å². The van der Waals surface area contributed by atoms with Crippen LogP contribution in [0, 0.1) is 0 Å². The number of nitrogens with two attached hydrogens (primary N) is 1. The van der Waals surface area contributed by atoms with Gasteiger partial charge in [-0.25, -0.2) is 0 Å². The van der Waals surface area contributed by atoms with Gasteiger partial charge in [0, 0.05) is 6.20 Å². The molecule has 0 bridgehead atoms. The summed E-state index contributed by atoms with van der Waals surface area (Å²) in [6, 6.07) is 3.73. The minimum atomic E-state index is 0.376. The lowest BCUT2D eigenvalue weighted by molar-refractivity contribution is 1.10. The van der Waals surface area contributed by atoms with Gasteiger partial charge in [-0.05, 0) is 12.1 Å². The first-order valence-corrected chi connectivity index (χ1v) is 4.06. The van der Waals surface area contributed by atoms with Gasteiger partial charge in [0.05, 0.1) is 5.52 Å². The quantitative estimate of drug-likeness (QED) is 0.544. The topological polar surface area (TPSA) is 82.0 Å². The SMILES string of the molecule is Nc1nc2nncn2c2cccnc12. The summed E-state index contributed by atoms with van der Waals surface area (Å²) < 4.78 is 1.75. The van der Waals surface area contributed by atoms with Crippen molar-refractivity contribution in [3.63, 3.8) is 0 Å². The smallest absolute Gasteiger partial charge is 0.257 e. The van der Waals surface area contributed by atoms with Crippen LogP contribution in [0.1, 0.15) is 0 Å². The Kier molecular flexibility index (Phi) is 1.22. The molecule has 0 spiro atoms. The monoisotopic (exact) mass is 186 g/mol. The van der Waals surface area contributed by atoms with E-state index in [2.05, 4.69) is 20.2 Å². The maximum atomic E-state index is 5.73. The van der Waals surface area contributed by atoms with Crippen molar-refractivity contribution < 1.29 is 0 Å². The molecule has 14 heavy (non-hydrogen) atoms. The van der Waals surface area contributed by atoms with E-state index < -0.39 is 0 Å². The predicted octanol–water partition coefficient (Wildman–Crippen LogP) is 0.255. The van der Waals surface area contributed by atoms with Crippen LogP contribution in [-0.4, -0.2) is 24.6 Å². The molecule has 0 amide bonds. The lowest BCUT2D eigenvalue weighted by Gasteiger charge is -2.01. The Balaban J connectivity index is 2.67. The van der Waals surface area contributed by atoms with Crippen LogP contribution in [0.3, 0.4) is 0 Å². The van der Waals surface area contributed by atoms with E-state index in [9.17, 15) is 0 Å². The first kappa shape index (κ1) is 7.19. The number of hydrogen-bond acceptors (Lipinski definition) is 5. The first-order valence-electron chi connectivity index (χ1n) is 4.06. The van der Waals surface area contributed by atoms with Gasteiger partial charge in [0.15, 0.2) is 5.82 Å². The summed E-state index contributed by atoms with van der Waals surface area (Å²) >= 11 is 0. The first-order chi connectivity index (χ1) is 6.86. The highest BCUT2D eigenvalue weighted by atomic mass is 15.3. The van der Waals surface area contributed by atoms with Crippen molar-refractivity contribution in [1.82, 2.24) is 24.6 Å². The van der Waals surface area contributed by atoms with E-state index in [1.807, 2.05) is 12.1 Å². The molecule has 6 nitrogen and oxygen atoms in total. The van der Waals surface area contributed by atoms with Crippen molar-refractivity contribution in [2.75, 3.05) is 5.73 Å². The van der Waals surface area contributed by atoms with Crippen molar-refractivity contribution in [3.8, 4) is 0 Å². The molecule has 0 saturated heterocycles. The highest BCUT2D eigenvalue weighted by molar-refractivity contribution is 5.85. The average Bonchev–Trinajstić information content (AvgIpc) is 2.66. The van der Waals surface area contributed by atoms with Crippen molar-refractivity contribution in [2.45, 2.75) is 0 Å². The van der Waals surface area contributed by atoms with Gasteiger partial charge in [-0.3, -0.25) is 9.38 Å². The fraction of sp³-hybridized carbons (Fsp3) is 0. The molecule has 68 valence electrons. The molecule has 2 N–H and O–H groups in total. The summed E-state index contributed by atoms with van der Waals surface area (Å²) in [5.41, 5.74) is 7.25. The van der Waals surface area contributed by atoms with Crippen LogP contribution in [0.2, 0.25) is 0 Å². The highest BCUT2D eigenvalue weighted by Crippen LogP contribution is 2.16. The van der Waals surface area contributed by atoms with E-state index in [4.69, 9.17) is 5.73 Å². The third-order valence-electron chi connectivity index (χ3n) is 2.04. The molecule has 0 aliphatic carbocycles. The Labute approximate surface area is 78.4 Å². The number of nitrogens with zero attached hydrogens (tertiary/aromatic N) is 5. The molecular weight excluding hydrogens is 180 g/mol. The zero-order chi connectivity index (χ0) is 9.54. The molecule has 0 atom stereocenters. The van der Waals surface area contributed by atoms with Crippen molar-refractivity contribution in [1.29, 1.82) is 0 Å². The minimum absolute atomic E-state index is 0.376. The second kappa shape index (κ2) is 2.38. The molecule has 3 aromatic heterocycles. The van der Waals surface area contributed by atoms with E-state index in [-0.39, 0.29) is 0 Å². The minimum Gasteiger partial charge on any atom is -0.382 e. The summed E-state index contributed by atoms with van der Waals surface area (Å²) in [6.07, 6.45) is 3.27. The fourth-order valence-corrected chi connectivity index (χ4v) is 1.42. The van der Waals surface area contributed by atoms with Gasteiger partial charge in [0.2, 0.25) is 0 Å². The van der Waals surface area contributed by atoms with Crippen molar-refractivity contribution in [3.05, 3.63) is 24.7 Å². The number of nitrogen functional groups attached to an aromatic ring is 1. The van der Waals surface area contributed by atoms with Crippen LogP contribution in [-0.2, 0) is 0 Å². The standard InChI is InChI=1S/C8H6N6/c9-7-6-5(2-1-3-10-6)14-4-11-13-8(14)12-7/h1-4H,(H2,9,12,13). The fourth-order valence-electron chi connectivity index (χ4n) is 1.42. The Morgan fingerprint density at radius 1 is 1.36 bits per heavy atom. The number of pyridine rings is 1. The summed E-state index contributed by atoms with van der Waals surface area (Å²) in [7, 11) is 0. The van der Waals surface area contributed by atoms with Crippen molar-refractivity contribution >= 4 is 22.6 Å². The van der Waals surface area contributed by atoms with Crippen LogP contribution in [0.15, 0.2) is 24.7 Å². The number of aromatic nitrogens is 5. The molecule has 6 heteroatoms. The number of fused-ring (bicyclic) bond motifs is 3. The lowest BCUT2D eigenvalue weighted by Crippen LogP contribution is -1.99. The molecule has 0 aliphatic rings. The van der Waals surface area contributed by atoms with Crippen LogP contribution in [0.25, 0.3) is 16.8 Å². The Morgan fingerprint density at radius 2 is 2.29 bits per heavy atom. The highest BCUT2D eigenvalue weighted by Gasteiger charge is 2.06. The summed E-state index contributed by atoms with van der Waals surface area (Å²) in [5.74, 6) is 0.865. The third-order valence-corrected chi connectivity index (χ3v) is 2.04. The van der Waals surface area contributed by atoms with Gasteiger partial charge in [0.25, 0.3) is 5.78 Å². The van der Waals surface area contributed by atoms with E-state index >= 15 is 0 Å².